The minimum absolute atomic E-state index is 0.00465. The molecule has 1 heterocycles. The standard InChI is InChI=1S/C19H15BrF3N3O2/c1-10-15(16(26-18(28)24-10)11-4-2-6-13(20)8-11)17(27)25-14-7-3-5-12(9-14)19(21,22)23/h2-9,16H,1H3,(H,25,27)(H2,24,26,28)/t16-/m0/s1. The number of allylic oxidation sites excluding steroid dienone is 1. The van der Waals surface area contributed by atoms with Crippen molar-refractivity contribution in [2.75, 3.05) is 5.32 Å². The molecule has 28 heavy (non-hydrogen) atoms. The van der Waals surface area contributed by atoms with Crippen LogP contribution in [-0.4, -0.2) is 11.9 Å². The maximum atomic E-state index is 12.9. The Morgan fingerprint density at radius 2 is 1.86 bits per heavy atom. The van der Waals surface area contributed by atoms with Gasteiger partial charge >= 0.3 is 12.2 Å². The molecule has 0 fully saturated rings. The topological polar surface area (TPSA) is 70.2 Å². The molecule has 2 aromatic rings. The van der Waals surface area contributed by atoms with Crippen LogP contribution in [0.3, 0.4) is 0 Å². The van der Waals surface area contributed by atoms with Crippen molar-refractivity contribution in [2.45, 2.75) is 19.1 Å². The molecule has 146 valence electrons. The third-order valence-electron chi connectivity index (χ3n) is 4.14. The van der Waals surface area contributed by atoms with Gasteiger partial charge in [-0.1, -0.05) is 34.1 Å². The van der Waals surface area contributed by atoms with E-state index >= 15 is 0 Å². The lowest BCUT2D eigenvalue weighted by atomic mass is 9.95. The van der Waals surface area contributed by atoms with E-state index in [2.05, 4.69) is 31.9 Å². The zero-order valence-electron chi connectivity index (χ0n) is 14.5. The van der Waals surface area contributed by atoms with Crippen LogP contribution in [-0.2, 0) is 11.0 Å². The van der Waals surface area contributed by atoms with Gasteiger partial charge in [-0.3, -0.25) is 4.79 Å². The monoisotopic (exact) mass is 453 g/mol. The highest BCUT2D eigenvalue weighted by molar-refractivity contribution is 9.10. The highest BCUT2D eigenvalue weighted by atomic mass is 79.9. The third-order valence-corrected chi connectivity index (χ3v) is 4.64. The average Bonchev–Trinajstić information content (AvgIpc) is 2.60. The number of anilines is 1. The first-order chi connectivity index (χ1) is 13.1. The van der Waals surface area contributed by atoms with E-state index in [-0.39, 0.29) is 11.3 Å². The lowest BCUT2D eigenvalue weighted by Crippen LogP contribution is -2.46. The molecule has 0 unspecified atom stereocenters. The molecule has 3 amide bonds. The van der Waals surface area contributed by atoms with E-state index < -0.39 is 29.7 Å². The fraction of sp³-hybridized carbons (Fsp3) is 0.158. The maximum Gasteiger partial charge on any atom is 0.416 e. The van der Waals surface area contributed by atoms with Crippen molar-refractivity contribution in [3.63, 3.8) is 0 Å². The fourth-order valence-electron chi connectivity index (χ4n) is 2.90. The van der Waals surface area contributed by atoms with Crippen LogP contribution in [0.2, 0.25) is 0 Å². The van der Waals surface area contributed by atoms with E-state index in [1.165, 1.54) is 12.1 Å². The fourth-order valence-corrected chi connectivity index (χ4v) is 3.32. The maximum absolute atomic E-state index is 12.9. The Hall–Kier alpha value is -2.81. The third kappa shape index (κ3) is 4.36. The second-order valence-corrected chi connectivity index (χ2v) is 7.07. The summed E-state index contributed by atoms with van der Waals surface area (Å²) < 4.78 is 39.5. The number of halogens is 4. The summed E-state index contributed by atoms with van der Waals surface area (Å²) in [5.74, 6) is -0.616. The van der Waals surface area contributed by atoms with Crippen LogP contribution < -0.4 is 16.0 Å². The summed E-state index contributed by atoms with van der Waals surface area (Å²) in [6.07, 6.45) is -4.52. The first kappa shape index (κ1) is 19.9. The summed E-state index contributed by atoms with van der Waals surface area (Å²) in [6, 6.07) is 10.2. The largest absolute Gasteiger partial charge is 0.416 e. The number of carbonyl (C=O) groups excluding carboxylic acids is 2. The van der Waals surface area contributed by atoms with E-state index in [9.17, 15) is 22.8 Å². The van der Waals surface area contributed by atoms with Gasteiger partial charge in [0.15, 0.2) is 0 Å². The summed E-state index contributed by atoms with van der Waals surface area (Å²) in [7, 11) is 0. The predicted octanol–water partition coefficient (Wildman–Crippen LogP) is 4.73. The molecule has 3 rings (SSSR count). The minimum atomic E-state index is -4.52. The van der Waals surface area contributed by atoms with E-state index in [0.717, 1.165) is 16.6 Å². The molecule has 5 nitrogen and oxygen atoms in total. The van der Waals surface area contributed by atoms with Crippen molar-refractivity contribution in [3.05, 3.63) is 75.4 Å². The van der Waals surface area contributed by atoms with Crippen LogP contribution in [0, 0.1) is 0 Å². The minimum Gasteiger partial charge on any atom is -0.327 e. The van der Waals surface area contributed by atoms with Gasteiger partial charge in [-0.05, 0) is 42.8 Å². The Bertz CT molecular complexity index is 973. The highest BCUT2D eigenvalue weighted by Gasteiger charge is 2.33. The molecular formula is C19H15BrF3N3O2. The molecule has 2 aromatic carbocycles. The van der Waals surface area contributed by atoms with Crippen molar-refractivity contribution in [2.24, 2.45) is 0 Å². The van der Waals surface area contributed by atoms with Gasteiger partial charge in [0.05, 0.1) is 17.2 Å². The molecule has 0 aliphatic carbocycles. The highest BCUT2D eigenvalue weighted by Crippen LogP contribution is 2.32. The van der Waals surface area contributed by atoms with Gasteiger partial charge in [-0.2, -0.15) is 13.2 Å². The Morgan fingerprint density at radius 3 is 2.54 bits per heavy atom. The number of rotatable bonds is 3. The van der Waals surface area contributed by atoms with Crippen LogP contribution in [0.1, 0.15) is 24.1 Å². The van der Waals surface area contributed by atoms with Crippen molar-refractivity contribution >= 4 is 33.6 Å². The molecule has 9 heteroatoms. The number of hydrogen-bond donors (Lipinski definition) is 3. The molecule has 3 N–H and O–H groups in total. The first-order valence-corrected chi connectivity index (χ1v) is 8.97. The number of carbonyl (C=O) groups is 2. The van der Waals surface area contributed by atoms with Crippen molar-refractivity contribution in [3.8, 4) is 0 Å². The van der Waals surface area contributed by atoms with E-state index in [0.29, 0.717) is 11.3 Å². The zero-order chi connectivity index (χ0) is 20.5. The summed E-state index contributed by atoms with van der Waals surface area (Å²) in [4.78, 5) is 24.8. The molecule has 1 atom stereocenters. The van der Waals surface area contributed by atoms with Gasteiger partial charge in [0, 0.05) is 15.9 Å². The van der Waals surface area contributed by atoms with Crippen molar-refractivity contribution in [1.29, 1.82) is 0 Å². The molecule has 1 aliphatic rings. The molecule has 0 aromatic heterocycles. The van der Waals surface area contributed by atoms with E-state index in [4.69, 9.17) is 0 Å². The van der Waals surface area contributed by atoms with Crippen LogP contribution in [0.5, 0.6) is 0 Å². The molecule has 0 radical (unpaired) electrons. The van der Waals surface area contributed by atoms with Crippen LogP contribution >= 0.6 is 15.9 Å². The molecular weight excluding hydrogens is 439 g/mol. The normalized spacial score (nSPS) is 17.0. The Morgan fingerprint density at radius 1 is 1.14 bits per heavy atom. The van der Waals surface area contributed by atoms with Gasteiger partial charge in [-0.25, -0.2) is 4.79 Å². The quantitative estimate of drug-likeness (QED) is 0.628. The second kappa shape index (κ2) is 7.67. The number of amides is 3. The van der Waals surface area contributed by atoms with Gasteiger partial charge in [0.1, 0.15) is 0 Å². The second-order valence-electron chi connectivity index (χ2n) is 6.16. The van der Waals surface area contributed by atoms with Crippen LogP contribution in [0.4, 0.5) is 23.7 Å². The predicted molar refractivity (Wildman–Crippen MR) is 101 cm³/mol. The van der Waals surface area contributed by atoms with Crippen LogP contribution in [0.15, 0.2) is 64.3 Å². The molecule has 0 spiro atoms. The Balaban J connectivity index is 1.94. The smallest absolute Gasteiger partial charge is 0.327 e. The Labute approximate surface area is 167 Å². The van der Waals surface area contributed by atoms with Gasteiger partial charge in [0.25, 0.3) is 5.91 Å². The van der Waals surface area contributed by atoms with Gasteiger partial charge in [-0.15, -0.1) is 0 Å². The summed E-state index contributed by atoms with van der Waals surface area (Å²) in [5.41, 5.74) is 0.311. The summed E-state index contributed by atoms with van der Waals surface area (Å²) in [5, 5.41) is 7.68. The van der Waals surface area contributed by atoms with Crippen LogP contribution in [0.25, 0.3) is 0 Å². The first-order valence-electron chi connectivity index (χ1n) is 8.17. The molecule has 0 bridgehead atoms. The molecule has 1 aliphatic heterocycles. The van der Waals surface area contributed by atoms with Crippen molar-refractivity contribution < 1.29 is 22.8 Å². The number of nitrogens with one attached hydrogen (secondary N) is 3. The van der Waals surface area contributed by atoms with E-state index in [1.807, 2.05) is 0 Å². The SMILES string of the molecule is CC1=C(C(=O)Nc2cccc(C(F)(F)F)c2)[C@H](c2cccc(Br)c2)NC(=O)N1. The zero-order valence-corrected chi connectivity index (χ0v) is 16.1. The van der Waals surface area contributed by atoms with E-state index in [1.54, 1.807) is 31.2 Å². The lowest BCUT2D eigenvalue weighted by Gasteiger charge is -2.28. The number of benzene rings is 2. The molecule has 0 saturated heterocycles. The number of hydrogen-bond acceptors (Lipinski definition) is 2. The number of alkyl halides is 3. The summed E-state index contributed by atoms with van der Waals surface area (Å²) >= 11 is 3.34. The van der Waals surface area contributed by atoms with Gasteiger partial charge in [0.2, 0.25) is 0 Å². The summed E-state index contributed by atoms with van der Waals surface area (Å²) in [6.45, 7) is 1.56. The lowest BCUT2D eigenvalue weighted by molar-refractivity contribution is -0.137. The van der Waals surface area contributed by atoms with Gasteiger partial charge < -0.3 is 16.0 Å². The molecule has 0 saturated carbocycles. The Kier molecular flexibility index (Phi) is 5.46. The number of urea groups is 1. The van der Waals surface area contributed by atoms with Crippen molar-refractivity contribution in [1.82, 2.24) is 10.6 Å². The average molecular weight is 454 g/mol.